The molecule has 0 aliphatic heterocycles. The van der Waals surface area contributed by atoms with Gasteiger partial charge in [0.1, 0.15) is 5.58 Å². The van der Waals surface area contributed by atoms with E-state index in [1.165, 1.54) is 26.4 Å². The Morgan fingerprint density at radius 3 is 2.55 bits per heavy atom. The smallest absolute Gasteiger partial charge is 0.307 e. The van der Waals surface area contributed by atoms with E-state index in [-0.39, 0.29) is 22.8 Å². The number of ether oxygens (including phenoxy) is 2. The van der Waals surface area contributed by atoms with Crippen LogP contribution < -0.4 is 14.9 Å². The summed E-state index contributed by atoms with van der Waals surface area (Å²) in [4.78, 5) is 23.3. The topological polar surface area (TPSA) is 116 Å². The maximum Gasteiger partial charge on any atom is 0.307 e. The normalized spacial score (nSPS) is 11.2. The van der Waals surface area contributed by atoms with Crippen LogP contribution in [0, 0.1) is 10.1 Å². The third-order valence-electron chi connectivity index (χ3n) is 4.75. The fraction of sp³-hybridized carbons (Fsp3) is 0.0909. The standard InChI is InChI=1S/C22H17N3O6/c1-29-19-9-14(17(25(27)28)11-20(19)30-2)12-23-24-22(26)21-10-16-15-6-4-3-5-13(15)7-8-18(16)31-21/h3-12H,1-2H3,(H,24,26). The lowest BCUT2D eigenvalue weighted by molar-refractivity contribution is -0.385. The molecule has 0 saturated heterocycles. The highest BCUT2D eigenvalue weighted by molar-refractivity contribution is 6.08. The molecule has 1 aromatic heterocycles. The van der Waals surface area contributed by atoms with Gasteiger partial charge in [-0.3, -0.25) is 14.9 Å². The minimum absolute atomic E-state index is 0.0744. The van der Waals surface area contributed by atoms with Gasteiger partial charge in [-0.05, 0) is 29.0 Å². The second kappa shape index (κ2) is 8.15. The van der Waals surface area contributed by atoms with Gasteiger partial charge in [0.2, 0.25) is 0 Å². The number of nitrogens with one attached hydrogen (secondary N) is 1. The fourth-order valence-corrected chi connectivity index (χ4v) is 3.27. The van der Waals surface area contributed by atoms with E-state index in [1.54, 1.807) is 12.1 Å². The number of hydrogen-bond donors (Lipinski definition) is 1. The number of hydrazone groups is 1. The first-order chi connectivity index (χ1) is 15.0. The molecule has 0 bridgehead atoms. The van der Waals surface area contributed by atoms with Gasteiger partial charge in [-0.15, -0.1) is 0 Å². The summed E-state index contributed by atoms with van der Waals surface area (Å²) >= 11 is 0. The van der Waals surface area contributed by atoms with E-state index < -0.39 is 10.8 Å². The molecule has 4 aromatic rings. The number of hydrogen-bond acceptors (Lipinski definition) is 7. The zero-order valence-corrected chi connectivity index (χ0v) is 16.6. The minimum Gasteiger partial charge on any atom is -0.493 e. The second-order valence-corrected chi connectivity index (χ2v) is 6.53. The molecule has 9 heteroatoms. The molecule has 0 spiro atoms. The molecule has 0 radical (unpaired) electrons. The van der Waals surface area contributed by atoms with Crippen molar-refractivity contribution in [3.8, 4) is 11.5 Å². The maximum absolute atomic E-state index is 12.5. The molecule has 1 amide bonds. The third-order valence-corrected chi connectivity index (χ3v) is 4.75. The highest BCUT2D eigenvalue weighted by atomic mass is 16.6. The van der Waals surface area contributed by atoms with Crippen molar-refractivity contribution in [1.82, 2.24) is 5.43 Å². The fourth-order valence-electron chi connectivity index (χ4n) is 3.27. The molecule has 0 aliphatic carbocycles. The summed E-state index contributed by atoms with van der Waals surface area (Å²) in [5, 5.41) is 18.0. The number of nitro groups is 1. The van der Waals surface area contributed by atoms with Crippen LogP contribution in [0.1, 0.15) is 16.1 Å². The van der Waals surface area contributed by atoms with Gasteiger partial charge < -0.3 is 13.9 Å². The summed E-state index contributed by atoms with van der Waals surface area (Å²) in [6, 6.07) is 15.7. The highest BCUT2D eigenvalue weighted by Gasteiger charge is 2.19. The van der Waals surface area contributed by atoms with Crippen molar-refractivity contribution < 1.29 is 23.6 Å². The third kappa shape index (κ3) is 3.76. The first-order valence-electron chi connectivity index (χ1n) is 9.17. The Hall–Kier alpha value is -4.40. The molecule has 156 valence electrons. The van der Waals surface area contributed by atoms with Gasteiger partial charge in [0, 0.05) is 5.39 Å². The van der Waals surface area contributed by atoms with Crippen LogP contribution in [0.5, 0.6) is 11.5 Å². The average Bonchev–Trinajstić information content (AvgIpc) is 3.23. The zero-order chi connectivity index (χ0) is 22.0. The number of nitrogens with zero attached hydrogens (tertiary/aromatic N) is 2. The van der Waals surface area contributed by atoms with Gasteiger partial charge in [0.25, 0.3) is 5.69 Å². The average molecular weight is 419 g/mol. The number of methoxy groups -OCH3 is 2. The number of fused-ring (bicyclic) bond motifs is 3. The van der Waals surface area contributed by atoms with E-state index in [0.717, 1.165) is 22.4 Å². The van der Waals surface area contributed by atoms with Crippen molar-refractivity contribution in [2.75, 3.05) is 14.2 Å². The number of carbonyl (C=O) groups excluding carboxylic acids is 1. The SMILES string of the molecule is COc1cc(C=NNC(=O)c2cc3c(ccc4ccccc43)o2)c([N+](=O)[O-])cc1OC. The van der Waals surface area contributed by atoms with Gasteiger partial charge in [0.05, 0.1) is 37.0 Å². The van der Waals surface area contributed by atoms with Crippen LogP contribution in [0.3, 0.4) is 0 Å². The first-order valence-corrected chi connectivity index (χ1v) is 9.17. The van der Waals surface area contributed by atoms with Crippen molar-refractivity contribution >= 4 is 39.6 Å². The van der Waals surface area contributed by atoms with Gasteiger partial charge in [-0.1, -0.05) is 30.3 Å². The van der Waals surface area contributed by atoms with Crippen molar-refractivity contribution in [2.45, 2.75) is 0 Å². The molecular formula is C22H17N3O6. The van der Waals surface area contributed by atoms with E-state index in [1.807, 2.05) is 30.3 Å². The van der Waals surface area contributed by atoms with Crippen LogP contribution in [-0.4, -0.2) is 31.3 Å². The molecular weight excluding hydrogens is 402 g/mol. The summed E-state index contributed by atoms with van der Waals surface area (Å²) in [5.41, 5.74) is 2.80. The van der Waals surface area contributed by atoms with E-state index in [0.29, 0.717) is 11.3 Å². The summed E-state index contributed by atoms with van der Waals surface area (Å²) in [6.07, 6.45) is 1.16. The molecule has 0 fully saturated rings. The van der Waals surface area contributed by atoms with Crippen LogP contribution >= 0.6 is 0 Å². The highest BCUT2D eigenvalue weighted by Crippen LogP contribution is 2.33. The van der Waals surface area contributed by atoms with Crippen LogP contribution in [-0.2, 0) is 0 Å². The minimum atomic E-state index is -0.584. The van der Waals surface area contributed by atoms with E-state index in [9.17, 15) is 14.9 Å². The Balaban J connectivity index is 1.60. The number of benzene rings is 3. The summed E-state index contributed by atoms with van der Waals surface area (Å²) in [7, 11) is 2.80. The molecule has 9 nitrogen and oxygen atoms in total. The monoisotopic (exact) mass is 419 g/mol. The molecule has 0 atom stereocenters. The quantitative estimate of drug-likeness (QED) is 0.283. The summed E-state index contributed by atoms with van der Waals surface area (Å²) < 4.78 is 15.9. The Labute approximate surface area is 176 Å². The van der Waals surface area contributed by atoms with Crippen molar-refractivity contribution in [2.24, 2.45) is 5.10 Å². The predicted octanol–water partition coefficient (Wildman–Crippen LogP) is 4.28. The van der Waals surface area contributed by atoms with Crippen molar-refractivity contribution in [3.63, 3.8) is 0 Å². The van der Waals surface area contributed by atoms with Crippen LogP contribution in [0.4, 0.5) is 5.69 Å². The van der Waals surface area contributed by atoms with Gasteiger partial charge >= 0.3 is 5.91 Å². The number of carbonyl (C=O) groups is 1. The zero-order valence-electron chi connectivity index (χ0n) is 16.6. The lowest BCUT2D eigenvalue weighted by Gasteiger charge is -2.08. The summed E-state index contributed by atoms with van der Waals surface area (Å²) in [5.74, 6) is -0.0000911. The van der Waals surface area contributed by atoms with Gasteiger partial charge in [0.15, 0.2) is 17.3 Å². The van der Waals surface area contributed by atoms with Gasteiger partial charge in [-0.2, -0.15) is 5.10 Å². The number of nitro benzene ring substituents is 1. The summed E-state index contributed by atoms with van der Waals surface area (Å²) in [6.45, 7) is 0. The van der Waals surface area contributed by atoms with Crippen LogP contribution in [0.25, 0.3) is 21.7 Å². The molecule has 1 N–H and O–H groups in total. The van der Waals surface area contributed by atoms with Crippen LogP contribution in [0.15, 0.2) is 64.1 Å². The number of amides is 1. The van der Waals surface area contributed by atoms with Crippen LogP contribution in [0.2, 0.25) is 0 Å². The maximum atomic E-state index is 12.5. The second-order valence-electron chi connectivity index (χ2n) is 6.53. The van der Waals surface area contributed by atoms with E-state index >= 15 is 0 Å². The molecule has 1 heterocycles. The molecule has 3 aromatic carbocycles. The Bertz CT molecular complexity index is 1340. The van der Waals surface area contributed by atoms with Gasteiger partial charge in [-0.25, -0.2) is 5.43 Å². The molecule has 4 rings (SSSR count). The molecule has 0 aliphatic rings. The largest absolute Gasteiger partial charge is 0.493 e. The molecule has 0 saturated carbocycles. The Morgan fingerprint density at radius 1 is 1.06 bits per heavy atom. The molecule has 31 heavy (non-hydrogen) atoms. The Morgan fingerprint density at radius 2 is 1.81 bits per heavy atom. The molecule has 0 unspecified atom stereocenters. The van der Waals surface area contributed by atoms with Crippen molar-refractivity contribution in [3.05, 3.63) is 76.0 Å². The Kier molecular flexibility index (Phi) is 5.23. The lowest BCUT2D eigenvalue weighted by atomic mass is 10.1. The van der Waals surface area contributed by atoms with E-state index in [2.05, 4.69) is 10.5 Å². The predicted molar refractivity (Wildman–Crippen MR) is 115 cm³/mol. The van der Waals surface area contributed by atoms with E-state index in [4.69, 9.17) is 13.9 Å². The lowest BCUT2D eigenvalue weighted by Crippen LogP contribution is -2.16. The van der Waals surface area contributed by atoms with Crippen molar-refractivity contribution in [1.29, 1.82) is 0 Å². The number of rotatable bonds is 6. The first kappa shape index (κ1) is 19.9. The number of furan rings is 1.